The maximum atomic E-state index is 12.0. The quantitative estimate of drug-likeness (QED) is 0.0923. The molecule has 0 heterocycles. The second-order valence-electron chi connectivity index (χ2n) is 11.3. The predicted molar refractivity (Wildman–Crippen MR) is 147 cm³/mol. The van der Waals surface area contributed by atoms with Gasteiger partial charge in [-0.1, -0.05) is 90.9 Å². The van der Waals surface area contributed by atoms with E-state index in [1.165, 1.54) is 96.3 Å². The minimum Gasteiger partial charge on any atom is -0.321 e. The number of unbranched alkanes of at least 4 members (excludes halogenated alkanes) is 14. The maximum Gasteiger partial charge on any atom is 0.271 e. The third kappa shape index (κ3) is 20.1. The van der Waals surface area contributed by atoms with Crippen LogP contribution in [-0.2, 0) is 24.4 Å². The first-order valence-electron chi connectivity index (χ1n) is 13.7. The third-order valence-corrected chi connectivity index (χ3v) is 7.57. The van der Waals surface area contributed by atoms with Gasteiger partial charge in [0.05, 0.1) is 41.3 Å². The van der Waals surface area contributed by atoms with Gasteiger partial charge in [0.2, 0.25) is 0 Å². The molecule has 33 heavy (non-hydrogen) atoms. The summed E-state index contributed by atoms with van der Waals surface area (Å²) in [6, 6.07) is 0. The summed E-state index contributed by atoms with van der Waals surface area (Å²) in [6.45, 7) is 7.18. The van der Waals surface area contributed by atoms with E-state index >= 15 is 0 Å². The van der Waals surface area contributed by atoms with Crippen LogP contribution in [0.25, 0.3) is 0 Å². The molecular formula is C26H58N2O3S2+2. The van der Waals surface area contributed by atoms with Crippen molar-refractivity contribution in [1.82, 2.24) is 0 Å². The summed E-state index contributed by atoms with van der Waals surface area (Å²) in [5, 5.41) is 0. The molecule has 0 aromatic heterocycles. The minimum atomic E-state index is -3.66. The smallest absolute Gasteiger partial charge is 0.271 e. The van der Waals surface area contributed by atoms with Gasteiger partial charge in [-0.15, -0.1) is 0 Å². The molecule has 0 rings (SSSR count). The molecule has 0 amide bonds. The van der Waals surface area contributed by atoms with Crippen molar-refractivity contribution in [2.75, 3.05) is 47.8 Å². The molecule has 2 unspecified atom stereocenters. The monoisotopic (exact) mass is 510 g/mol. The second kappa shape index (κ2) is 18.5. The molecule has 0 aliphatic heterocycles. The highest BCUT2D eigenvalue weighted by Crippen LogP contribution is 2.19. The molecule has 0 saturated heterocycles. The first-order valence-corrected chi connectivity index (χ1v) is 16.1. The van der Waals surface area contributed by atoms with Gasteiger partial charge in [0.25, 0.3) is 15.3 Å². The normalized spacial score (nSPS) is 15.5. The van der Waals surface area contributed by atoms with Gasteiger partial charge >= 0.3 is 0 Å². The highest BCUT2D eigenvalue weighted by atomic mass is 32.9. The van der Waals surface area contributed by atoms with Crippen LogP contribution in [0, 0.1) is 0 Å². The van der Waals surface area contributed by atoms with Crippen molar-refractivity contribution in [3.63, 3.8) is 0 Å². The van der Waals surface area contributed by atoms with E-state index in [0.29, 0.717) is 11.0 Å². The van der Waals surface area contributed by atoms with Crippen molar-refractivity contribution in [3.05, 3.63) is 0 Å². The van der Waals surface area contributed by atoms with E-state index in [4.69, 9.17) is 15.4 Å². The fourth-order valence-electron chi connectivity index (χ4n) is 4.49. The summed E-state index contributed by atoms with van der Waals surface area (Å²) >= 11 is 4.73. The lowest BCUT2D eigenvalue weighted by molar-refractivity contribution is -0.979. The fourth-order valence-corrected chi connectivity index (χ4v) is 5.34. The SMILES string of the molecule is CCCCCCCCCC[N+](C)(C)CC(OS(=O)(O)=S)[N+](C)(C)CCCCCCCCCC. The van der Waals surface area contributed by atoms with E-state index in [-0.39, 0.29) is 6.23 Å². The van der Waals surface area contributed by atoms with E-state index in [0.717, 1.165) is 24.0 Å². The van der Waals surface area contributed by atoms with Crippen LogP contribution >= 0.6 is 0 Å². The summed E-state index contributed by atoms with van der Waals surface area (Å²) in [7, 11) is 4.98. The molecule has 0 fully saturated rings. The van der Waals surface area contributed by atoms with Gasteiger partial charge in [-0.2, -0.15) is 4.21 Å². The second-order valence-corrected chi connectivity index (χ2v) is 13.6. The summed E-state index contributed by atoms with van der Waals surface area (Å²) in [6.07, 6.45) is 20.3. The van der Waals surface area contributed by atoms with Crippen molar-refractivity contribution in [2.24, 2.45) is 0 Å². The number of quaternary nitrogens is 2. The molecule has 5 nitrogen and oxygen atoms in total. The highest BCUT2D eigenvalue weighted by Gasteiger charge is 2.37. The lowest BCUT2D eigenvalue weighted by atomic mass is 10.1. The molecule has 1 N–H and O–H groups in total. The predicted octanol–water partition coefficient (Wildman–Crippen LogP) is 6.90. The van der Waals surface area contributed by atoms with Crippen LogP contribution in [0.3, 0.4) is 0 Å². The Labute approximate surface area is 212 Å². The average Bonchev–Trinajstić information content (AvgIpc) is 2.70. The van der Waals surface area contributed by atoms with Gasteiger partial charge in [0, 0.05) is 11.2 Å². The molecule has 200 valence electrons. The molecule has 0 aromatic rings. The zero-order chi connectivity index (χ0) is 25.2. The Morgan fingerprint density at radius 3 is 1.45 bits per heavy atom. The first kappa shape index (κ1) is 33.2. The molecule has 0 aliphatic rings. The van der Waals surface area contributed by atoms with Crippen molar-refractivity contribution >= 4 is 20.2 Å². The molecule has 0 saturated carbocycles. The number of hydrogen-bond acceptors (Lipinski definition) is 3. The van der Waals surface area contributed by atoms with Crippen molar-refractivity contribution in [1.29, 1.82) is 0 Å². The summed E-state index contributed by atoms with van der Waals surface area (Å²) in [4.78, 5) is 0. The standard InChI is InChI=1S/C26H57N2O3S2/c1-7-9-11-13-15-17-19-21-23-27(3,4)25-26(31-33(29,30)32)28(5,6)24-22-20-18-16-14-12-10-8-2/h26H,7-25H2,1-6H3/q+1/p+1. The fraction of sp³-hybridized carbons (Fsp3) is 1.00. The van der Waals surface area contributed by atoms with Crippen LogP contribution in [0.4, 0.5) is 0 Å². The molecule has 7 heteroatoms. The van der Waals surface area contributed by atoms with E-state index in [2.05, 4.69) is 42.0 Å². The first-order chi connectivity index (χ1) is 15.4. The Morgan fingerprint density at radius 1 is 0.697 bits per heavy atom. The zero-order valence-corrected chi connectivity index (χ0v) is 24.6. The van der Waals surface area contributed by atoms with Gasteiger partial charge in [0.15, 0.2) is 6.54 Å². The number of likely N-dealkylation sites (N-methyl/N-ethyl adjacent to an activating group) is 2. The van der Waals surface area contributed by atoms with Gasteiger partial charge in [-0.3, -0.25) is 9.04 Å². The topological polar surface area (TPSA) is 46.5 Å². The van der Waals surface area contributed by atoms with E-state index in [1.807, 2.05) is 0 Å². The molecule has 0 aliphatic carbocycles. The maximum absolute atomic E-state index is 12.0. The summed E-state index contributed by atoms with van der Waals surface area (Å²) in [5.74, 6) is 0. The molecule has 0 bridgehead atoms. The number of hydrogen-bond donors (Lipinski definition) is 1. The van der Waals surface area contributed by atoms with Crippen LogP contribution in [0.15, 0.2) is 0 Å². The number of nitrogens with zero attached hydrogens (tertiary/aromatic N) is 2. The lowest BCUT2D eigenvalue weighted by Crippen LogP contribution is -2.59. The number of rotatable bonds is 23. The highest BCUT2D eigenvalue weighted by molar-refractivity contribution is 8.27. The van der Waals surface area contributed by atoms with Gasteiger partial charge in [-0.05, 0) is 25.7 Å². The minimum absolute atomic E-state index is 0.381. The lowest BCUT2D eigenvalue weighted by Gasteiger charge is -2.41. The van der Waals surface area contributed by atoms with Crippen LogP contribution in [0.2, 0.25) is 0 Å². The van der Waals surface area contributed by atoms with Crippen molar-refractivity contribution in [2.45, 2.75) is 123 Å². The Kier molecular flexibility index (Phi) is 18.6. The molecule has 0 radical (unpaired) electrons. The van der Waals surface area contributed by atoms with Crippen molar-refractivity contribution < 1.29 is 21.9 Å². The Balaban J connectivity index is 4.54. The van der Waals surface area contributed by atoms with Gasteiger partial charge < -0.3 is 4.48 Å². The van der Waals surface area contributed by atoms with Crippen molar-refractivity contribution in [3.8, 4) is 0 Å². The van der Waals surface area contributed by atoms with Gasteiger partial charge in [0.1, 0.15) is 0 Å². The Hall–Kier alpha value is 0.210. The molecule has 2 atom stereocenters. The molecular weight excluding hydrogens is 452 g/mol. The van der Waals surface area contributed by atoms with E-state index in [9.17, 15) is 8.76 Å². The van der Waals surface area contributed by atoms with Crippen LogP contribution in [0.1, 0.15) is 117 Å². The largest absolute Gasteiger partial charge is 0.321 e. The van der Waals surface area contributed by atoms with Crippen LogP contribution in [-0.4, -0.2) is 71.8 Å². The van der Waals surface area contributed by atoms with Gasteiger partial charge in [-0.25, -0.2) is 4.18 Å². The van der Waals surface area contributed by atoms with Crippen LogP contribution < -0.4 is 0 Å². The average molecular weight is 511 g/mol. The molecule has 0 aromatic carbocycles. The van der Waals surface area contributed by atoms with Crippen LogP contribution in [0.5, 0.6) is 0 Å². The zero-order valence-electron chi connectivity index (χ0n) is 23.0. The third-order valence-electron chi connectivity index (χ3n) is 6.87. The Morgan fingerprint density at radius 2 is 1.06 bits per heavy atom. The summed E-state index contributed by atoms with van der Waals surface area (Å²) in [5.41, 5.74) is 0. The Bertz CT molecular complexity index is 566. The van der Waals surface area contributed by atoms with E-state index in [1.54, 1.807) is 0 Å². The molecule has 0 spiro atoms. The summed E-state index contributed by atoms with van der Waals surface area (Å²) < 4.78 is 28.7. The van der Waals surface area contributed by atoms with E-state index < -0.39 is 9.05 Å².